The van der Waals surface area contributed by atoms with E-state index in [1.165, 1.54) is 38.4 Å². The van der Waals surface area contributed by atoms with Gasteiger partial charge in [-0.25, -0.2) is 8.42 Å². The standard InChI is InChI=1S/C20H26N2O4S/c1-15(2)14-19(16-8-6-5-7-9-16)21-20(23)17-10-12-18(13-11-17)27(24,25)22(3)26-4/h5-13,15,19H,14H2,1-4H3,(H,21,23). The lowest BCUT2D eigenvalue weighted by atomic mass is 9.96. The van der Waals surface area contributed by atoms with Crippen LogP contribution in [0.25, 0.3) is 0 Å². The van der Waals surface area contributed by atoms with Crippen LogP contribution in [-0.4, -0.2) is 33.0 Å². The van der Waals surface area contributed by atoms with Crippen LogP contribution in [0.2, 0.25) is 0 Å². The average Bonchev–Trinajstić information content (AvgIpc) is 2.67. The quantitative estimate of drug-likeness (QED) is 0.701. The minimum Gasteiger partial charge on any atom is -0.345 e. The van der Waals surface area contributed by atoms with Gasteiger partial charge in [0.05, 0.1) is 18.0 Å². The molecule has 2 rings (SSSR count). The summed E-state index contributed by atoms with van der Waals surface area (Å²) in [6.07, 6.45) is 0.806. The van der Waals surface area contributed by atoms with Gasteiger partial charge in [0.15, 0.2) is 0 Å². The number of benzene rings is 2. The van der Waals surface area contributed by atoms with Crippen molar-refractivity contribution in [3.63, 3.8) is 0 Å². The summed E-state index contributed by atoms with van der Waals surface area (Å²) in [6, 6.07) is 15.5. The third-order valence-corrected chi connectivity index (χ3v) is 5.92. The van der Waals surface area contributed by atoms with Gasteiger partial charge in [0.25, 0.3) is 15.9 Å². The molecule has 2 aromatic carbocycles. The van der Waals surface area contributed by atoms with Crippen LogP contribution in [0, 0.1) is 5.92 Å². The van der Waals surface area contributed by atoms with E-state index in [1.54, 1.807) is 0 Å². The molecule has 0 bridgehead atoms. The van der Waals surface area contributed by atoms with Crippen LogP contribution in [0.1, 0.15) is 42.2 Å². The van der Waals surface area contributed by atoms with Crippen LogP contribution in [0.5, 0.6) is 0 Å². The van der Waals surface area contributed by atoms with Gasteiger partial charge >= 0.3 is 0 Å². The van der Waals surface area contributed by atoms with Gasteiger partial charge in [-0.1, -0.05) is 48.6 Å². The smallest absolute Gasteiger partial charge is 0.264 e. The summed E-state index contributed by atoms with van der Waals surface area (Å²) in [4.78, 5) is 17.5. The molecule has 0 aromatic heterocycles. The molecular weight excluding hydrogens is 364 g/mol. The highest BCUT2D eigenvalue weighted by Gasteiger charge is 2.22. The Morgan fingerprint density at radius 2 is 1.67 bits per heavy atom. The summed E-state index contributed by atoms with van der Waals surface area (Å²) in [7, 11) is -1.15. The fourth-order valence-electron chi connectivity index (χ4n) is 2.70. The predicted molar refractivity (Wildman–Crippen MR) is 105 cm³/mol. The molecule has 1 atom stereocenters. The Morgan fingerprint density at radius 3 is 2.19 bits per heavy atom. The molecule has 27 heavy (non-hydrogen) atoms. The number of rotatable bonds is 8. The zero-order valence-corrected chi connectivity index (χ0v) is 16.9. The maximum absolute atomic E-state index is 12.7. The number of nitrogens with zero attached hydrogens (tertiary/aromatic N) is 1. The zero-order valence-electron chi connectivity index (χ0n) is 16.0. The zero-order chi connectivity index (χ0) is 20.0. The molecule has 0 radical (unpaired) electrons. The Kier molecular flexibility index (Phi) is 7.12. The molecule has 0 saturated carbocycles. The van der Waals surface area contributed by atoms with E-state index in [1.807, 2.05) is 30.3 Å². The summed E-state index contributed by atoms with van der Waals surface area (Å²) in [5, 5.41) is 3.05. The molecule has 2 aromatic rings. The van der Waals surface area contributed by atoms with Crippen LogP contribution in [0.4, 0.5) is 0 Å². The second kappa shape index (κ2) is 9.12. The normalized spacial score (nSPS) is 13.0. The van der Waals surface area contributed by atoms with Crippen molar-refractivity contribution in [1.82, 2.24) is 9.79 Å². The van der Waals surface area contributed by atoms with Crippen molar-refractivity contribution in [3.8, 4) is 0 Å². The van der Waals surface area contributed by atoms with Crippen molar-refractivity contribution < 1.29 is 18.0 Å². The molecule has 0 fully saturated rings. The van der Waals surface area contributed by atoms with E-state index in [0.717, 1.165) is 16.5 Å². The van der Waals surface area contributed by atoms with Gasteiger partial charge in [0, 0.05) is 12.6 Å². The topological polar surface area (TPSA) is 75.7 Å². The van der Waals surface area contributed by atoms with Crippen molar-refractivity contribution in [2.24, 2.45) is 5.92 Å². The lowest BCUT2D eigenvalue weighted by Crippen LogP contribution is -2.29. The van der Waals surface area contributed by atoms with E-state index in [4.69, 9.17) is 4.84 Å². The second-order valence-corrected chi connectivity index (χ2v) is 8.62. The molecule has 1 amide bonds. The number of sulfonamides is 1. The van der Waals surface area contributed by atoms with Crippen LogP contribution < -0.4 is 5.32 Å². The van der Waals surface area contributed by atoms with Gasteiger partial charge < -0.3 is 5.32 Å². The lowest BCUT2D eigenvalue weighted by molar-refractivity contribution is -0.0258. The monoisotopic (exact) mass is 390 g/mol. The largest absolute Gasteiger partial charge is 0.345 e. The van der Waals surface area contributed by atoms with E-state index in [0.29, 0.717) is 11.5 Å². The number of hydrogen-bond donors (Lipinski definition) is 1. The lowest BCUT2D eigenvalue weighted by Gasteiger charge is -2.21. The first-order chi connectivity index (χ1) is 12.8. The van der Waals surface area contributed by atoms with Gasteiger partial charge in [-0.15, -0.1) is 0 Å². The van der Waals surface area contributed by atoms with Gasteiger partial charge in [-0.05, 0) is 42.2 Å². The van der Waals surface area contributed by atoms with Crippen molar-refractivity contribution in [2.75, 3.05) is 14.2 Å². The van der Waals surface area contributed by atoms with Gasteiger partial charge in [0.1, 0.15) is 0 Å². The van der Waals surface area contributed by atoms with Gasteiger partial charge in [-0.3, -0.25) is 9.63 Å². The van der Waals surface area contributed by atoms with Gasteiger partial charge in [-0.2, -0.15) is 0 Å². The molecule has 0 heterocycles. The number of nitrogens with one attached hydrogen (secondary N) is 1. The molecule has 1 unspecified atom stereocenters. The van der Waals surface area contributed by atoms with Crippen LogP contribution >= 0.6 is 0 Å². The first-order valence-electron chi connectivity index (χ1n) is 8.74. The minimum absolute atomic E-state index is 0.0604. The highest BCUT2D eigenvalue weighted by molar-refractivity contribution is 7.89. The number of hydrogen-bond acceptors (Lipinski definition) is 4. The first kappa shape index (κ1) is 21.1. The van der Waals surface area contributed by atoms with Crippen LogP contribution in [-0.2, 0) is 14.9 Å². The summed E-state index contributed by atoms with van der Waals surface area (Å²) in [6.45, 7) is 4.21. The molecule has 146 valence electrons. The molecule has 0 spiro atoms. The number of hydroxylamine groups is 1. The Balaban J connectivity index is 2.19. The third-order valence-electron chi connectivity index (χ3n) is 4.22. The van der Waals surface area contributed by atoms with E-state index >= 15 is 0 Å². The molecule has 6 nitrogen and oxygen atoms in total. The maximum atomic E-state index is 12.7. The molecule has 1 N–H and O–H groups in total. The number of carbonyl (C=O) groups excluding carboxylic acids is 1. The van der Waals surface area contributed by atoms with E-state index in [9.17, 15) is 13.2 Å². The van der Waals surface area contributed by atoms with E-state index < -0.39 is 10.0 Å². The van der Waals surface area contributed by atoms with E-state index in [-0.39, 0.29) is 16.8 Å². The van der Waals surface area contributed by atoms with Gasteiger partial charge in [0.2, 0.25) is 0 Å². The SMILES string of the molecule is CON(C)S(=O)(=O)c1ccc(C(=O)NC(CC(C)C)c2ccccc2)cc1. The third kappa shape index (κ3) is 5.38. The highest BCUT2D eigenvalue weighted by Crippen LogP contribution is 2.22. The second-order valence-electron chi connectivity index (χ2n) is 6.69. The van der Waals surface area contributed by atoms with E-state index in [2.05, 4.69) is 19.2 Å². The fraction of sp³-hybridized carbons (Fsp3) is 0.350. The molecular formula is C20H26N2O4S. The molecule has 0 aliphatic heterocycles. The number of amides is 1. The summed E-state index contributed by atoms with van der Waals surface area (Å²) in [5.74, 6) is 0.168. The van der Waals surface area contributed by atoms with Crippen molar-refractivity contribution in [3.05, 3.63) is 65.7 Å². The van der Waals surface area contributed by atoms with Crippen molar-refractivity contribution >= 4 is 15.9 Å². The molecule has 7 heteroatoms. The Hall–Kier alpha value is -2.22. The first-order valence-corrected chi connectivity index (χ1v) is 10.2. The van der Waals surface area contributed by atoms with Crippen LogP contribution in [0.3, 0.4) is 0 Å². The average molecular weight is 391 g/mol. The molecule has 0 saturated heterocycles. The fourth-order valence-corrected chi connectivity index (χ4v) is 3.67. The number of carbonyl (C=O) groups is 1. The summed E-state index contributed by atoms with van der Waals surface area (Å²) < 4.78 is 25.2. The Morgan fingerprint density at radius 1 is 1.07 bits per heavy atom. The maximum Gasteiger partial charge on any atom is 0.264 e. The van der Waals surface area contributed by atoms with Crippen LogP contribution in [0.15, 0.2) is 59.5 Å². The Labute approximate surface area is 161 Å². The highest BCUT2D eigenvalue weighted by atomic mass is 32.2. The Bertz CT molecular complexity index is 849. The molecule has 0 aliphatic rings. The van der Waals surface area contributed by atoms with Crippen molar-refractivity contribution in [2.45, 2.75) is 31.2 Å². The molecule has 0 aliphatic carbocycles. The summed E-state index contributed by atoms with van der Waals surface area (Å²) in [5.41, 5.74) is 1.44. The summed E-state index contributed by atoms with van der Waals surface area (Å²) >= 11 is 0. The van der Waals surface area contributed by atoms with Crippen molar-refractivity contribution in [1.29, 1.82) is 0 Å². The predicted octanol–water partition coefficient (Wildman–Crippen LogP) is 3.39. The minimum atomic E-state index is -3.73.